The first-order valence-corrected chi connectivity index (χ1v) is 9.09. The van der Waals surface area contributed by atoms with E-state index in [0.29, 0.717) is 0 Å². The number of aliphatic imine (C=N–C) groups is 1. The van der Waals surface area contributed by atoms with E-state index in [0.717, 1.165) is 18.7 Å². The monoisotopic (exact) mass is 331 g/mol. The molecule has 0 saturated carbocycles. The fourth-order valence-electron chi connectivity index (χ4n) is 3.13. The van der Waals surface area contributed by atoms with Crippen LogP contribution in [0.5, 0.6) is 0 Å². The van der Waals surface area contributed by atoms with Crippen molar-refractivity contribution in [2.75, 3.05) is 0 Å². The maximum Gasteiger partial charge on any atom is 0.243 e. The van der Waals surface area contributed by atoms with Gasteiger partial charge in [0.25, 0.3) is 0 Å². The van der Waals surface area contributed by atoms with Crippen LogP contribution in [0.1, 0.15) is 11.9 Å². The van der Waals surface area contributed by atoms with Gasteiger partial charge in [0.15, 0.2) is 0 Å². The van der Waals surface area contributed by atoms with Crippen LogP contribution < -0.4 is 4.57 Å². The number of fused-ring (bicyclic) bond motifs is 3. The van der Waals surface area contributed by atoms with Crippen LogP contribution >= 0.6 is 11.3 Å². The normalized spacial score (nSPS) is 11.7. The molecule has 0 atom stereocenters. The van der Waals surface area contributed by atoms with Crippen molar-refractivity contribution in [2.24, 2.45) is 4.99 Å². The smallest absolute Gasteiger partial charge is 0.243 e. The van der Waals surface area contributed by atoms with Crippen molar-refractivity contribution in [2.45, 2.75) is 19.9 Å². The second-order valence-corrected chi connectivity index (χ2v) is 6.84. The molecule has 1 aromatic heterocycles. The predicted octanol–water partition coefficient (Wildman–Crippen LogP) is 5.31. The zero-order chi connectivity index (χ0) is 16.4. The molecule has 1 heterocycles. The molecule has 0 N–H and O–H groups in total. The van der Waals surface area contributed by atoms with Crippen LogP contribution in [0.4, 0.5) is 5.69 Å². The molecule has 2 nitrogen and oxygen atoms in total. The summed E-state index contributed by atoms with van der Waals surface area (Å²) < 4.78 is 3.78. The molecule has 0 radical (unpaired) electrons. The van der Waals surface area contributed by atoms with Crippen LogP contribution in [0.2, 0.25) is 0 Å². The fourth-order valence-corrected chi connectivity index (χ4v) is 4.33. The van der Waals surface area contributed by atoms with Gasteiger partial charge in [0.05, 0.1) is 17.5 Å². The number of nitrogens with zero attached hydrogens (tertiary/aromatic N) is 2. The Morgan fingerprint density at radius 2 is 1.75 bits per heavy atom. The molecular weight excluding hydrogens is 312 g/mol. The number of thiazole rings is 1. The Morgan fingerprint density at radius 1 is 0.958 bits per heavy atom. The van der Waals surface area contributed by atoms with E-state index in [1.54, 1.807) is 0 Å². The second kappa shape index (κ2) is 6.54. The van der Waals surface area contributed by atoms with E-state index < -0.39 is 0 Å². The maximum absolute atomic E-state index is 4.58. The Labute approximate surface area is 145 Å². The Morgan fingerprint density at radius 3 is 2.58 bits per heavy atom. The number of hydrogen-bond acceptors (Lipinski definition) is 2. The van der Waals surface area contributed by atoms with Gasteiger partial charge in [-0.25, -0.2) is 0 Å². The minimum absolute atomic E-state index is 0.858. The Balaban J connectivity index is 1.76. The van der Waals surface area contributed by atoms with Crippen molar-refractivity contribution in [3.8, 4) is 0 Å². The molecule has 24 heavy (non-hydrogen) atoms. The van der Waals surface area contributed by atoms with Gasteiger partial charge in [0.1, 0.15) is 11.2 Å². The topological polar surface area (TPSA) is 16.2 Å². The Hall–Kier alpha value is -2.52. The van der Waals surface area contributed by atoms with Crippen molar-refractivity contribution < 1.29 is 4.57 Å². The molecule has 3 aromatic carbocycles. The van der Waals surface area contributed by atoms with Crippen LogP contribution in [0.25, 0.3) is 21.0 Å². The van der Waals surface area contributed by atoms with Crippen LogP contribution in [-0.4, -0.2) is 6.21 Å². The van der Waals surface area contributed by atoms with E-state index in [1.807, 2.05) is 47.9 Å². The minimum Gasteiger partial charge on any atom is -0.261 e. The molecule has 0 bridgehead atoms. The van der Waals surface area contributed by atoms with Gasteiger partial charge in [0, 0.05) is 6.21 Å². The lowest BCUT2D eigenvalue weighted by atomic mass is 10.1. The van der Waals surface area contributed by atoms with E-state index in [4.69, 9.17) is 0 Å². The van der Waals surface area contributed by atoms with Crippen LogP contribution in [0.15, 0.2) is 71.7 Å². The van der Waals surface area contributed by atoms with Gasteiger partial charge < -0.3 is 0 Å². The van der Waals surface area contributed by atoms with Crippen molar-refractivity contribution >= 4 is 44.2 Å². The van der Waals surface area contributed by atoms with Gasteiger partial charge in [-0.2, -0.15) is 4.57 Å². The van der Waals surface area contributed by atoms with Crippen LogP contribution in [0, 0.1) is 0 Å². The van der Waals surface area contributed by atoms with E-state index in [9.17, 15) is 0 Å². The van der Waals surface area contributed by atoms with Gasteiger partial charge in [-0.15, -0.1) is 0 Å². The molecule has 0 fully saturated rings. The predicted molar refractivity (Wildman–Crippen MR) is 103 cm³/mol. The van der Waals surface area contributed by atoms with Gasteiger partial charge in [-0.05, 0) is 36.6 Å². The summed E-state index contributed by atoms with van der Waals surface area (Å²) in [5.74, 6) is 0. The van der Waals surface area contributed by atoms with E-state index in [-0.39, 0.29) is 0 Å². The van der Waals surface area contributed by atoms with E-state index in [1.165, 1.54) is 26.0 Å². The lowest BCUT2D eigenvalue weighted by Gasteiger charge is -1.98. The third kappa shape index (κ3) is 2.72. The lowest BCUT2D eigenvalue weighted by molar-refractivity contribution is -0.669. The summed E-state index contributed by atoms with van der Waals surface area (Å²) in [5, 5.41) is 3.98. The number of hydrogen-bond donors (Lipinski definition) is 0. The first-order chi connectivity index (χ1) is 11.9. The zero-order valence-electron chi connectivity index (χ0n) is 13.6. The molecule has 0 amide bonds. The lowest BCUT2D eigenvalue weighted by Crippen LogP contribution is -2.35. The zero-order valence-corrected chi connectivity index (χ0v) is 14.5. The first kappa shape index (κ1) is 15.0. The summed E-state index contributed by atoms with van der Waals surface area (Å²) in [7, 11) is 0. The van der Waals surface area contributed by atoms with E-state index in [2.05, 4.69) is 52.9 Å². The number of rotatable bonds is 4. The first-order valence-electron chi connectivity index (χ1n) is 8.27. The quantitative estimate of drug-likeness (QED) is 0.356. The molecule has 4 rings (SSSR count). The van der Waals surface area contributed by atoms with Crippen LogP contribution in [0.3, 0.4) is 0 Å². The largest absolute Gasteiger partial charge is 0.261 e. The summed E-state index contributed by atoms with van der Waals surface area (Å²) in [6.07, 6.45) is 2.88. The molecule has 0 spiro atoms. The van der Waals surface area contributed by atoms with Crippen molar-refractivity contribution in [3.63, 3.8) is 0 Å². The van der Waals surface area contributed by atoms with E-state index >= 15 is 0 Å². The molecule has 0 aliphatic carbocycles. The third-order valence-corrected chi connectivity index (χ3v) is 5.41. The molecule has 0 aliphatic heterocycles. The molecule has 118 valence electrons. The summed E-state index contributed by atoms with van der Waals surface area (Å²) >= 11 is 1.87. The minimum atomic E-state index is 0.858. The molecule has 0 aliphatic rings. The molecular formula is C21H19N2S+. The van der Waals surface area contributed by atoms with Crippen molar-refractivity contribution in [1.29, 1.82) is 0 Å². The van der Waals surface area contributed by atoms with Gasteiger partial charge in [-0.1, -0.05) is 53.8 Å². The maximum atomic E-state index is 4.58. The number of benzene rings is 3. The van der Waals surface area contributed by atoms with Gasteiger partial charge in [-0.3, -0.25) is 4.99 Å². The summed E-state index contributed by atoms with van der Waals surface area (Å²) in [6.45, 7) is 3.19. The Bertz CT molecular complexity index is 1020. The average molecular weight is 331 g/mol. The van der Waals surface area contributed by atoms with Crippen molar-refractivity contribution in [3.05, 3.63) is 71.7 Å². The van der Waals surface area contributed by atoms with Crippen LogP contribution in [-0.2, 0) is 13.0 Å². The highest BCUT2D eigenvalue weighted by molar-refractivity contribution is 7.18. The molecule has 0 unspecified atom stereocenters. The number of aromatic nitrogens is 1. The average Bonchev–Trinajstić information content (AvgIpc) is 3.00. The SMILES string of the molecule is CC[n+]1c(CC=Nc2ccccc2)sc2ccc3ccccc3c21. The highest BCUT2D eigenvalue weighted by Crippen LogP contribution is 2.28. The van der Waals surface area contributed by atoms with Gasteiger partial charge >= 0.3 is 0 Å². The molecule has 0 saturated heterocycles. The molecule has 4 aromatic rings. The highest BCUT2D eigenvalue weighted by Gasteiger charge is 2.20. The third-order valence-electron chi connectivity index (χ3n) is 4.24. The highest BCUT2D eigenvalue weighted by atomic mass is 32.1. The van der Waals surface area contributed by atoms with Crippen molar-refractivity contribution in [1.82, 2.24) is 0 Å². The van der Waals surface area contributed by atoms with Gasteiger partial charge in [0.2, 0.25) is 10.5 Å². The molecule has 3 heteroatoms. The second-order valence-electron chi connectivity index (χ2n) is 5.72. The number of aryl methyl sites for hydroxylation is 1. The standard InChI is InChI=1S/C21H19N2S/c1-2-23-20(14-15-22-17-9-4-3-5-10-17)24-19-13-12-16-8-6-7-11-18(16)21(19)23/h3-13,15H,2,14H2,1H3/q+1. The summed E-state index contributed by atoms with van der Waals surface area (Å²) in [4.78, 5) is 4.58. The summed E-state index contributed by atoms with van der Waals surface area (Å²) in [5.41, 5.74) is 2.36. The number of para-hydroxylation sites is 1. The fraction of sp³-hybridized carbons (Fsp3) is 0.143. The Kier molecular flexibility index (Phi) is 4.09. The summed E-state index contributed by atoms with van der Waals surface area (Å²) in [6, 6.07) is 23.2.